The molecule has 0 aliphatic heterocycles. The second-order valence-electron chi connectivity index (χ2n) is 5.22. The molecular weight excluding hydrogens is 323 g/mol. The smallest absolute Gasteiger partial charge is 0.491 e. The number of hydrogen-bond acceptors (Lipinski definition) is 3. The fraction of sp³-hybridized carbons (Fsp3) is 0.235. The molecule has 0 spiro atoms. The van der Waals surface area contributed by atoms with Gasteiger partial charge >= 0.3 is 6.36 Å². The van der Waals surface area contributed by atoms with Gasteiger partial charge in [0, 0.05) is 11.3 Å². The molecule has 1 N–H and O–H groups in total. The number of halogens is 3. The normalized spacial score (nSPS) is 11.2. The van der Waals surface area contributed by atoms with Gasteiger partial charge < -0.3 is 14.8 Å². The second kappa shape index (κ2) is 7.25. The van der Waals surface area contributed by atoms with E-state index < -0.39 is 6.36 Å². The number of carbonyl (C=O) groups excluding carboxylic acids is 1. The molecule has 0 aliphatic carbocycles. The minimum Gasteiger partial charge on any atom is -0.491 e. The van der Waals surface area contributed by atoms with Crippen LogP contribution in [0.5, 0.6) is 11.5 Å². The molecule has 0 saturated heterocycles. The monoisotopic (exact) mass is 339 g/mol. The number of ether oxygens (including phenoxy) is 2. The first-order chi connectivity index (χ1) is 11.2. The molecular formula is C17H16F3NO3. The number of amides is 1. The Labute approximate surface area is 137 Å². The standard InChI is InChI=1S/C17H16F3NO3/c1-11(2)23-14-7-3-12(4-8-14)16(22)21-13-5-9-15(10-6-13)24-17(18,19)20/h3-11H,1-2H3,(H,21,22). The van der Waals surface area contributed by atoms with Crippen LogP contribution in [0, 0.1) is 0 Å². The summed E-state index contributed by atoms with van der Waals surface area (Å²) >= 11 is 0. The quantitative estimate of drug-likeness (QED) is 0.864. The average Bonchev–Trinajstić information content (AvgIpc) is 2.48. The van der Waals surface area contributed by atoms with Crippen molar-refractivity contribution in [1.82, 2.24) is 0 Å². The topological polar surface area (TPSA) is 47.6 Å². The van der Waals surface area contributed by atoms with Crippen LogP contribution in [-0.4, -0.2) is 18.4 Å². The van der Waals surface area contributed by atoms with Gasteiger partial charge in [-0.05, 0) is 62.4 Å². The molecule has 0 fully saturated rings. The van der Waals surface area contributed by atoms with Gasteiger partial charge in [-0.15, -0.1) is 13.2 Å². The molecule has 2 rings (SSSR count). The summed E-state index contributed by atoms with van der Waals surface area (Å²) in [6, 6.07) is 11.5. The molecule has 1 amide bonds. The Balaban J connectivity index is 1.99. The Morgan fingerprint density at radius 2 is 1.50 bits per heavy atom. The predicted molar refractivity (Wildman–Crippen MR) is 83.3 cm³/mol. The van der Waals surface area contributed by atoms with Gasteiger partial charge in [0.2, 0.25) is 0 Å². The molecule has 0 atom stereocenters. The maximum atomic E-state index is 12.1. The summed E-state index contributed by atoms with van der Waals surface area (Å²) in [5.74, 6) is -0.0820. The van der Waals surface area contributed by atoms with Crippen molar-refractivity contribution >= 4 is 11.6 Å². The van der Waals surface area contributed by atoms with E-state index in [1.807, 2.05) is 13.8 Å². The van der Waals surface area contributed by atoms with E-state index in [9.17, 15) is 18.0 Å². The van der Waals surface area contributed by atoms with Crippen LogP contribution in [0.1, 0.15) is 24.2 Å². The van der Waals surface area contributed by atoms with Gasteiger partial charge in [0.25, 0.3) is 5.91 Å². The number of nitrogens with one attached hydrogen (secondary N) is 1. The minimum atomic E-state index is -4.75. The summed E-state index contributed by atoms with van der Waals surface area (Å²) in [6.07, 6.45) is -4.72. The fourth-order valence-electron chi connectivity index (χ4n) is 1.90. The number of rotatable bonds is 5. The zero-order chi connectivity index (χ0) is 17.7. The zero-order valence-electron chi connectivity index (χ0n) is 13.1. The molecule has 0 heterocycles. The minimum absolute atomic E-state index is 0.0297. The molecule has 0 saturated carbocycles. The summed E-state index contributed by atoms with van der Waals surface area (Å²) in [6.45, 7) is 3.79. The number of hydrogen-bond donors (Lipinski definition) is 1. The lowest BCUT2D eigenvalue weighted by Crippen LogP contribution is -2.17. The summed E-state index contributed by atoms with van der Waals surface area (Å²) in [4.78, 5) is 12.1. The van der Waals surface area contributed by atoms with Crippen molar-refractivity contribution in [3.05, 3.63) is 54.1 Å². The molecule has 0 bridgehead atoms. The molecule has 0 aliphatic rings. The van der Waals surface area contributed by atoms with Gasteiger partial charge in [-0.25, -0.2) is 0 Å². The Morgan fingerprint density at radius 1 is 0.958 bits per heavy atom. The summed E-state index contributed by atoms with van der Waals surface area (Å²) in [5.41, 5.74) is 0.763. The maximum Gasteiger partial charge on any atom is 0.573 e. The third-order valence-corrected chi connectivity index (χ3v) is 2.83. The molecule has 24 heavy (non-hydrogen) atoms. The molecule has 0 aromatic heterocycles. The first kappa shape index (κ1) is 17.7. The molecule has 7 heteroatoms. The van der Waals surface area contributed by atoms with Crippen molar-refractivity contribution in [3.8, 4) is 11.5 Å². The van der Waals surface area contributed by atoms with Gasteiger partial charge in [-0.2, -0.15) is 0 Å². The van der Waals surface area contributed by atoms with E-state index in [1.165, 1.54) is 12.1 Å². The van der Waals surface area contributed by atoms with Crippen molar-refractivity contribution in [2.45, 2.75) is 26.3 Å². The van der Waals surface area contributed by atoms with E-state index in [0.29, 0.717) is 17.0 Å². The van der Waals surface area contributed by atoms with Crippen LogP contribution in [0.25, 0.3) is 0 Å². The van der Waals surface area contributed by atoms with E-state index in [4.69, 9.17) is 4.74 Å². The lowest BCUT2D eigenvalue weighted by Gasteiger charge is -2.11. The van der Waals surface area contributed by atoms with Crippen molar-refractivity contribution in [3.63, 3.8) is 0 Å². The Kier molecular flexibility index (Phi) is 5.33. The van der Waals surface area contributed by atoms with Crippen LogP contribution in [0.4, 0.5) is 18.9 Å². The molecule has 4 nitrogen and oxygen atoms in total. The largest absolute Gasteiger partial charge is 0.573 e. The van der Waals surface area contributed by atoms with Gasteiger partial charge in [0.05, 0.1) is 6.10 Å². The van der Waals surface area contributed by atoms with E-state index in [-0.39, 0.29) is 17.8 Å². The number of benzene rings is 2. The average molecular weight is 339 g/mol. The summed E-state index contributed by atoms with van der Waals surface area (Å²) < 4.78 is 45.5. The van der Waals surface area contributed by atoms with E-state index in [2.05, 4.69) is 10.1 Å². The van der Waals surface area contributed by atoms with Crippen molar-refractivity contribution in [2.75, 3.05) is 5.32 Å². The molecule has 0 unspecified atom stereocenters. The molecule has 0 radical (unpaired) electrons. The second-order valence-corrected chi connectivity index (χ2v) is 5.22. The van der Waals surface area contributed by atoms with Gasteiger partial charge in [0.1, 0.15) is 11.5 Å². The highest BCUT2D eigenvalue weighted by Crippen LogP contribution is 2.24. The number of anilines is 1. The first-order valence-electron chi connectivity index (χ1n) is 7.17. The SMILES string of the molecule is CC(C)Oc1ccc(C(=O)Nc2ccc(OC(F)(F)F)cc2)cc1. The van der Waals surface area contributed by atoms with E-state index in [1.54, 1.807) is 24.3 Å². The van der Waals surface area contributed by atoms with Crippen molar-refractivity contribution < 1.29 is 27.4 Å². The van der Waals surface area contributed by atoms with Crippen molar-refractivity contribution in [2.24, 2.45) is 0 Å². The van der Waals surface area contributed by atoms with Crippen LogP contribution >= 0.6 is 0 Å². The lowest BCUT2D eigenvalue weighted by molar-refractivity contribution is -0.274. The lowest BCUT2D eigenvalue weighted by atomic mass is 10.2. The Morgan fingerprint density at radius 3 is 2.00 bits per heavy atom. The highest BCUT2D eigenvalue weighted by molar-refractivity contribution is 6.04. The van der Waals surface area contributed by atoms with Gasteiger partial charge in [-0.1, -0.05) is 0 Å². The van der Waals surface area contributed by atoms with Crippen LogP contribution in [0.2, 0.25) is 0 Å². The van der Waals surface area contributed by atoms with E-state index >= 15 is 0 Å². The van der Waals surface area contributed by atoms with Crippen LogP contribution in [0.15, 0.2) is 48.5 Å². The summed E-state index contributed by atoms with van der Waals surface area (Å²) in [7, 11) is 0. The van der Waals surface area contributed by atoms with Gasteiger partial charge in [-0.3, -0.25) is 4.79 Å². The Hall–Kier alpha value is -2.70. The van der Waals surface area contributed by atoms with E-state index in [0.717, 1.165) is 12.1 Å². The van der Waals surface area contributed by atoms with Crippen LogP contribution in [0.3, 0.4) is 0 Å². The first-order valence-corrected chi connectivity index (χ1v) is 7.17. The van der Waals surface area contributed by atoms with Gasteiger partial charge in [0.15, 0.2) is 0 Å². The molecule has 128 valence electrons. The zero-order valence-corrected chi connectivity index (χ0v) is 13.1. The maximum absolute atomic E-state index is 12.1. The highest BCUT2D eigenvalue weighted by Gasteiger charge is 2.30. The predicted octanol–water partition coefficient (Wildman–Crippen LogP) is 4.62. The fourth-order valence-corrected chi connectivity index (χ4v) is 1.90. The van der Waals surface area contributed by atoms with Crippen molar-refractivity contribution in [1.29, 1.82) is 0 Å². The Bertz CT molecular complexity index is 680. The summed E-state index contributed by atoms with van der Waals surface area (Å²) in [5, 5.41) is 2.59. The highest BCUT2D eigenvalue weighted by atomic mass is 19.4. The van der Waals surface area contributed by atoms with Crippen LogP contribution < -0.4 is 14.8 Å². The third-order valence-electron chi connectivity index (χ3n) is 2.83. The molecule has 2 aromatic carbocycles. The number of carbonyl (C=O) groups is 1. The third kappa shape index (κ3) is 5.49. The molecule has 2 aromatic rings. The van der Waals surface area contributed by atoms with Crippen LogP contribution in [-0.2, 0) is 0 Å². The number of alkyl halides is 3.